The molecule has 5 nitrogen and oxygen atoms in total. The Morgan fingerprint density at radius 2 is 1.94 bits per heavy atom. The number of nitrogens with one attached hydrogen (secondary N) is 1. The summed E-state index contributed by atoms with van der Waals surface area (Å²) in [6.07, 6.45) is -0.863. The molecule has 1 unspecified atom stereocenters. The van der Waals surface area contributed by atoms with Crippen LogP contribution in [0.4, 0.5) is 20.2 Å². The maximum absolute atomic E-state index is 13.4. The number of hydrogen-bond donors (Lipinski definition) is 1. The third-order valence-corrected chi connectivity index (χ3v) is 6.75. The van der Waals surface area contributed by atoms with Crippen molar-refractivity contribution in [2.45, 2.75) is 57.2 Å². The molecule has 2 heterocycles. The smallest absolute Gasteiger partial charge is 0.395 e. The largest absolute Gasteiger partial charge is 0.586 e. The number of nitrogens with zero attached hydrogens (tertiary/aromatic N) is 1. The van der Waals surface area contributed by atoms with Crippen LogP contribution >= 0.6 is 0 Å². The van der Waals surface area contributed by atoms with Crippen LogP contribution in [0, 0.1) is 5.92 Å². The van der Waals surface area contributed by atoms with Crippen molar-refractivity contribution in [3.8, 4) is 11.5 Å². The molecule has 1 amide bonds. The van der Waals surface area contributed by atoms with Gasteiger partial charge in [-0.1, -0.05) is 26.2 Å². The number of ether oxygens (including phenoxy) is 2. The first-order chi connectivity index (χ1) is 15.2. The number of fused-ring (bicyclic) bond motifs is 2. The van der Waals surface area contributed by atoms with Gasteiger partial charge >= 0.3 is 6.29 Å². The zero-order valence-corrected chi connectivity index (χ0v) is 18.2. The van der Waals surface area contributed by atoms with Crippen molar-refractivity contribution >= 4 is 25.1 Å². The Kier molecular flexibility index (Phi) is 4.87. The summed E-state index contributed by atoms with van der Waals surface area (Å²) < 4.78 is 35.7. The molecule has 0 spiro atoms. The second kappa shape index (κ2) is 7.39. The van der Waals surface area contributed by atoms with Gasteiger partial charge in [-0.15, -0.1) is 8.78 Å². The maximum atomic E-state index is 13.4. The van der Waals surface area contributed by atoms with Crippen molar-refractivity contribution in [3.05, 3.63) is 47.5 Å². The zero-order chi connectivity index (χ0) is 22.7. The summed E-state index contributed by atoms with van der Waals surface area (Å²) in [4.78, 5) is 15.6. The normalized spacial score (nSPS) is 21.5. The molecule has 3 aliphatic rings. The topological polar surface area (TPSA) is 50.8 Å². The zero-order valence-electron chi connectivity index (χ0n) is 18.2. The average Bonchev–Trinajstić information content (AvgIpc) is 3.38. The van der Waals surface area contributed by atoms with Gasteiger partial charge in [0.05, 0.1) is 13.3 Å². The van der Waals surface area contributed by atoms with Gasteiger partial charge in [0, 0.05) is 24.0 Å². The summed E-state index contributed by atoms with van der Waals surface area (Å²) in [7, 11) is 5.83. The molecule has 0 aromatic heterocycles. The van der Waals surface area contributed by atoms with Crippen LogP contribution in [0.25, 0.3) is 0 Å². The molecular weight excluding hydrogens is 413 g/mol. The van der Waals surface area contributed by atoms with Crippen LogP contribution in [0.2, 0.25) is 6.32 Å². The first-order valence-corrected chi connectivity index (χ1v) is 11.0. The maximum Gasteiger partial charge on any atom is 0.586 e. The lowest BCUT2D eigenvalue weighted by atomic mass is 9.94. The van der Waals surface area contributed by atoms with E-state index in [0.29, 0.717) is 36.7 Å². The lowest BCUT2D eigenvalue weighted by Gasteiger charge is -2.30. The highest BCUT2D eigenvalue weighted by Crippen LogP contribution is 2.52. The van der Waals surface area contributed by atoms with E-state index in [4.69, 9.17) is 7.85 Å². The number of carbonyl (C=O) groups excluding carboxylic acids is 1. The molecule has 1 aliphatic carbocycles. The van der Waals surface area contributed by atoms with Crippen molar-refractivity contribution in [3.63, 3.8) is 0 Å². The van der Waals surface area contributed by atoms with E-state index in [9.17, 15) is 13.6 Å². The van der Waals surface area contributed by atoms with Crippen molar-refractivity contribution in [1.29, 1.82) is 0 Å². The highest BCUT2D eigenvalue weighted by Gasteiger charge is 2.52. The molecule has 5 rings (SSSR count). The molecule has 2 aliphatic heterocycles. The van der Waals surface area contributed by atoms with E-state index >= 15 is 0 Å². The molecular formula is C24H25BF2N2O3. The van der Waals surface area contributed by atoms with Crippen LogP contribution in [0.3, 0.4) is 0 Å². The fraction of sp³-hybridized carbons (Fsp3) is 0.458. The van der Waals surface area contributed by atoms with Crippen molar-refractivity contribution in [1.82, 2.24) is 0 Å². The minimum absolute atomic E-state index is 0.0182. The molecule has 1 fully saturated rings. The Morgan fingerprint density at radius 1 is 1.19 bits per heavy atom. The second-order valence-electron chi connectivity index (χ2n) is 9.21. The molecule has 2 radical (unpaired) electrons. The monoisotopic (exact) mass is 438 g/mol. The quantitative estimate of drug-likeness (QED) is 0.668. The van der Waals surface area contributed by atoms with Gasteiger partial charge in [-0.25, -0.2) is 0 Å². The van der Waals surface area contributed by atoms with E-state index in [1.807, 2.05) is 18.2 Å². The molecule has 0 saturated heterocycles. The fourth-order valence-electron chi connectivity index (χ4n) is 4.91. The predicted molar refractivity (Wildman–Crippen MR) is 119 cm³/mol. The van der Waals surface area contributed by atoms with Crippen LogP contribution in [-0.4, -0.2) is 32.6 Å². The molecule has 1 atom stereocenters. The van der Waals surface area contributed by atoms with Gasteiger partial charge in [-0.05, 0) is 66.6 Å². The molecule has 1 saturated carbocycles. The van der Waals surface area contributed by atoms with E-state index in [1.165, 1.54) is 23.4 Å². The van der Waals surface area contributed by atoms with Gasteiger partial charge in [0.1, 0.15) is 0 Å². The number of benzene rings is 2. The fourth-order valence-corrected chi connectivity index (χ4v) is 4.91. The molecule has 166 valence electrons. The van der Waals surface area contributed by atoms with E-state index in [-0.39, 0.29) is 17.4 Å². The van der Waals surface area contributed by atoms with E-state index in [2.05, 4.69) is 33.5 Å². The number of rotatable bonds is 6. The molecule has 32 heavy (non-hydrogen) atoms. The first kappa shape index (κ1) is 21.1. The third-order valence-electron chi connectivity index (χ3n) is 6.75. The molecule has 1 N–H and O–H groups in total. The van der Waals surface area contributed by atoms with Crippen molar-refractivity contribution in [2.75, 3.05) is 16.8 Å². The molecule has 2 aromatic rings. The van der Waals surface area contributed by atoms with Gasteiger partial charge in [0.25, 0.3) is 0 Å². The number of anilines is 2. The van der Waals surface area contributed by atoms with Crippen LogP contribution in [0.15, 0.2) is 36.4 Å². The van der Waals surface area contributed by atoms with Crippen LogP contribution in [0.5, 0.6) is 11.5 Å². The van der Waals surface area contributed by atoms with Crippen molar-refractivity contribution in [2.24, 2.45) is 5.92 Å². The Bertz CT molecular complexity index is 1070. The van der Waals surface area contributed by atoms with Gasteiger partial charge in [0.15, 0.2) is 11.5 Å². The number of halogens is 2. The lowest BCUT2D eigenvalue weighted by molar-refractivity contribution is -0.286. The van der Waals surface area contributed by atoms with E-state index in [1.54, 1.807) is 6.07 Å². The summed E-state index contributed by atoms with van der Waals surface area (Å²) in [5, 5.41) is 3.05. The summed E-state index contributed by atoms with van der Waals surface area (Å²) >= 11 is 0. The lowest BCUT2D eigenvalue weighted by Crippen LogP contribution is -2.36. The van der Waals surface area contributed by atoms with Gasteiger partial charge in [0.2, 0.25) is 5.91 Å². The minimum Gasteiger partial charge on any atom is -0.395 e. The van der Waals surface area contributed by atoms with Crippen LogP contribution < -0.4 is 19.7 Å². The molecule has 0 bridgehead atoms. The summed E-state index contributed by atoms with van der Waals surface area (Å²) in [5.41, 5.74) is 3.03. The van der Waals surface area contributed by atoms with Gasteiger partial charge in [-0.2, -0.15) is 0 Å². The number of amides is 1. The summed E-state index contributed by atoms with van der Waals surface area (Å²) in [5.74, 6) is 0.291. The highest BCUT2D eigenvalue weighted by atomic mass is 19.3. The average molecular weight is 438 g/mol. The Labute approximate surface area is 187 Å². The minimum atomic E-state index is -3.67. The predicted octanol–water partition coefficient (Wildman–Crippen LogP) is 4.65. The third kappa shape index (κ3) is 3.50. The highest BCUT2D eigenvalue weighted by molar-refractivity contribution is 6.08. The summed E-state index contributed by atoms with van der Waals surface area (Å²) in [6.45, 7) is 5.22. The van der Waals surface area contributed by atoms with Gasteiger partial charge in [-0.3, -0.25) is 4.79 Å². The molecule has 8 heteroatoms. The van der Waals surface area contributed by atoms with Crippen molar-refractivity contribution < 1.29 is 23.0 Å². The Hall–Kier alpha value is -2.77. The molecule has 2 aromatic carbocycles. The Morgan fingerprint density at radius 3 is 2.62 bits per heavy atom. The summed E-state index contributed by atoms with van der Waals surface area (Å²) in [6, 6.07) is 11.0. The Balaban J connectivity index is 1.35. The van der Waals surface area contributed by atoms with E-state index < -0.39 is 11.7 Å². The SMILES string of the molecule is [B]CCN1c2ccc(NC(=O)C3(c4ccc5c(c4)OC(F)(F)O5)CC3)cc2CC1C(C)C. The van der Waals surface area contributed by atoms with Crippen LogP contribution in [-0.2, 0) is 16.6 Å². The second-order valence-corrected chi connectivity index (χ2v) is 9.21. The standard InChI is InChI=1S/C24H25BF2N2O3/c1-14(2)19-12-15-11-17(4-5-18(15)29(19)10-9-25)28-22(30)23(7-8-23)16-3-6-20-21(13-16)32-24(26,27)31-20/h3-6,11,13-14,19H,7-10,12H2,1-2H3,(H,28,30). The van der Waals surface area contributed by atoms with Gasteiger partial charge < -0.3 is 19.7 Å². The number of alkyl halides is 2. The number of carbonyl (C=O) groups is 1. The van der Waals surface area contributed by atoms with E-state index in [0.717, 1.165) is 18.7 Å². The number of hydrogen-bond acceptors (Lipinski definition) is 4. The van der Waals surface area contributed by atoms with Crippen LogP contribution in [0.1, 0.15) is 37.8 Å². The first-order valence-electron chi connectivity index (χ1n) is 11.0.